The van der Waals surface area contributed by atoms with Crippen molar-refractivity contribution in [3.63, 3.8) is 0 Å². The normalized spacial score (nSPS) is 20.3. The van der Waals surface area contributed by atoms with Gasteiger partial charge in [-0.05, 0) is 90.4 Å². The Morgan fingerprint density at radius 3 is 1.35 bits per heavy atom. The van der Waals surface area contributed by atoms with Gasteiger partial charge in [-0.25, -0.2) is 0 Å². The molecule has 2 aromatic carbocycles. The Kier molecular flexibility index (Phi) is 19.8. The second-order valence-electron chi connectivity index (χ2n) is 19.7. The standard InChI is InChI=1S/C51H74N12O8/c1-28(2)21-40(58-44(64)32(7)52-9)50(70)62-26-36(23-42(62)48(68)54-30(5)34-17-13-11-14-18-34)56-46(66)38-25-39(61-60-38)47(67)57-37-24-43(49(69)55-31(6)35-19-15-12-16-20-35)63(27-37)51(71)41(22-29(3)4)59-45(65)33(8)53-10/h11-20,25,28-33,36-37,40-43,52-53H,21-24,26-27H2,1-10H3,(H,54,68)(H,55,69)(H,56,66)(H,57,67)(H,58,64)(H,59,65)(H,60,61)/t30-,31-,32+,33+,36+,37+,40+,41+,42+,43+/m1/s1. The Balaban J connectivity index is 1.32. The van der Waals surface area contributed by atoms with Crippen molar-refractivity contribution >= 4 is 47.3 Å². The largest absolute Gasteiger partial charge is 0.348 e. The molecule has 9 N–H and O–H groups in total. The van der Waals surface area contributed by atoms with Gasteiger partial charge in [0.25, 0.3) is 11.8 Å². The van der Waals surface area contributed by atoms with E-state index in [2.05, 4.69) is 52.7 Å². The molecule has 386 valence electrons. The van der Waals surface area contributed by atoms with Gasteiger partial charge in [-0.2, -0.15) is 5.10 Å². The number of likely N-dealkylation sites (N-methyl/N-ethyl adjacent to an activating group) is 2. The summed E-state index contributed by atoms with van der Waals surface area (Å²) >= 11 is 0. The van der Waals surface area contributed by atoms with Gasteiger partial charge >= 0.3 is 0 Å². The number of benzene rings is 2. The zero-order chi connectivity index (χ0) is 52.1. The van der Waals surface area contributed by atoms with E-state index in [1.54, 1.807) is 27.9 Å². The van der Waals surface area contributed by atoms with Crippen LogP contribution in [0.15, 0.2) is 66.7 Å². The molecule has 20 heteroatoms. The molecule has 10 atom stereocenters. The van der Waals surface area contributed by atoms with E-state index >= 15 is 0 Å². The van der Waals surface area contributed by atoms with Crippen LogP contribution in [0, 0.1) is 11.8 Å². The molecule has 1 aromatic heterocycles. The van der Waals surface area contributed by atoms with Gasteiger partial charge in [-0.3, -0.25) is 43.5 Å². The Labute approximate surface area is 416 Å². The third-order valence-corrected chi connectivity index (χ3v) is 13.1. The molecule has 8 amide bonds. The van der Waals surface area contributed by atoms with E-state index < -0.39 is 95.9 Å². The zero-order valence-corrected chi connectivity index (χ0v) is 42.6. The van der Waals surface area contributed by atoms with Crippen LogP contribution >= 0.6 is 0 Å². The molecule has 0 bridgehead atoms. The molecule has 2 aliphatic rings. The predicted octanol–water partition coefficient (Wildman–Crippen LogP) is 1.84. The van der Waals surface area contributed by atoms with Crippen molar-refractivity contribution in [3.05, 3.63) is 89.2 Å². The van der Waals surface area contributed by atoms with Crippen LogP contribution in [0.5, 0.6) is 0 Å². The van der Waals surface area contributed by atoms with E-state index in [1.165, 1.54) is 15.9 Å². The molecule has 2 aliphatic heterocycles. The first-order chi connectivity index (χ1) is 33.7. The number of amides is 8. The molecule has 5 rings (SSSR count). The highest BCUT2D eigenvalue weighted by molar-refractivity contribution is 5.99. The first-order valence-electron chi connectivity index (χ1n) is 24.6. The van der Waals surface area contributed by atoms with Gasteiger partial charge in [0.2, 0.25) is 35.4 Å². The van der Waals surface area contributed by atoms with Gasteiger partial charge in [-0.1, -0.05) is 88.4 Å². The van der Waals surface area contributed by atoms with Gasteiger partial charge < -0.3 is 52.3 Å². The minimum atomic E-state index is -0.994. The topological polar surface area (TPSA) is 268 Å². The lowest BCUT2D eigenvalue weighted by Crippen LogP contribution is -2.56. The number of aromatic nitrogens is 2. The molecule has 3 heterocycles. The van der Waals surface area contributed by atoms with E-state index in [9.17, 15) is 38.4 Å². The molecule has 2 fully saturated rings. The number of likely N-dealkylation sites (tertiary alicyclic amines) is 2. The fourth-order valence-electron chi connectivity index (χ4n) is 8.85. The number of nitrogens with zero attached hydrogens (tertiary/aromatic N) is 3. The molecule has 3 aromatic rings. The summed E-state index contributed by atoms with van der Waals surface area (Å²) in [5.74, 6) is -3.79. The lowest BCUT2D eigenvalue weighted by Gasteiger charge is -2.30. The highest BCUT2D eigenvalue weighted by Gasteiger charge is 2.45. The number of hydrogen-bond donors (Lipinski definition) is 9. The zero-order valence-electron chi connectivity index (χ0n) is 42.6. The maximum Gasteiger partial charge on any atom is 0.272 e. The molecule has 0 spiro atoms. The molecule has 0 unspecified atom stereocenters. The second-order valence-corrected chi connectivity index (χ2v) is 19.7. The van der Waals surface area contributed by atoms with E-state index in [0.717, 1.165) is 11.1 Å². The number of rotatable bonds is 22. The van der Waals surface area contributed by atoms with Crippen LogP contribution in [0.1, 0.15) is 125 Å². The fourth-order valence-corrected chi connectivity index (χ4v) is 8.85. The van der Waals surface area contributed by atoms with Gasteiger partial charge in [-0.15, -0.1) is 0 Å². The van der Waals surface area contributed by atoms with E-state index in [-0.39, 0.29) is 61.0 Å². The quantitative estimate of drug-likeness (QED) is 0.0702. The number of nitrogens with one attached hydrogen (secondary N) is 9. The molecule has 0 aliphatic carbocycles. The highest BCUT2D eigenvalue weighted by atomic mass is 16.2. The van der Waals surface area contributed by atoms with Crippen LogP contribution in [0.25, 0.3) is 0 Å². The fraction of sp³-hybridized carbons (Fsp3) is 0.549. The van der Waals surface area contributed by atoms with Crippen molar-refractivity contribution < 1.29 is 38.4 Å². The summed E-state index contributed by atoms with van der Waals surface area (Å²) in [4.78, 5) is 113. The average molecular weight is 983 g/mol. The summed E-state index contributed by atoms with van der Waals surface area (Å²) < 4.78 is 0. The molecular weight excluding hydrogens is 909 g/mol. The maximum atomic E-state index is 14.4. The Morgan fingerprint density at radius 1 is 0.577 bits per heavy atom. The van der Waals surface area contributed by atoms with Crippen LogP contribution in [0.2, 0.25) is 0 Å². The lowest BCUT2D eigenvalue weighted by atomic mass is 10.0. The van der Waals surface area contributed by atoms with Crippen LogP contribution < -0.4 is 42.5 Å². The van der Waals surface area contributed by atoms with Crippen molar-refractivity contribution in [2.45, 2.75) is 141 Å². The highest BCUT2D eigenvalue weighted by Crippen LogP contribution is 2.25. The Bertz CT molecular complexity index is 2170. The second kappa shape index (κ2) is 25.4. The van der Waals surface area contributed by atoms with E-state index in [0.29, 0.717) is 12.8 Å². The first kappa shape index (κ1) is 55.3. The maximum absolute atomic E-state index is 14.4. The number of aromatic amines is 1. The van der Waals surface area contributed by atoms with E-state index in [1.807, 2.05) is 102 Å². The summed E-state index contributed by atoms with van der Waals surface area (Å²) in [6.45, 7) is 14.7. The van der Waals surface area contributed by atoms with Crippen molar-refractivity contribution in [2.75, 3.05) is 27.2 Å². The molecule has 0 radical (unpaired) electrons. The molecular formula is C51H74N12O8. The molecule has 0 saturated carbocycles. The summed E-state index contributed by atoms with van der Waals surface area (Å²) in [6.07, 6.45) is 0.745. The smallest absolute Gasteiger partial charge is 0.272 e. The number of H-pyrrole nitrogens is 1. The SMILES string of the molecule is CN[C@@H](C)C(=O)N[C@@H](CC(C)C)C(=O)N1C[C@@H](NC(=O)c2cc(C(=O)N[C@H]3C[C@@H](C(=O)N[C@H](C)c4ccccc4)N(C(=O)[C@H](CC(C)C)NC(=O)[C@H](C)NC)C3)[nH]n2)C[C@H]1C(=O)N[C@H](C)c1ccccc1. The van der Waals surface area contributed by atoms with Crippen LogP contribution in [0.3, 0.4) is 0 Å². The van der Waals surface area contributed by atoms with Crippen LogP contribution in [-0.4, -0.2) is 143 Å². The molecule has 2 saturated heterocycles. The van der Waals surface area contributed by atoms with Crippen LogP contribution in [-0.2, 0) is 28.8 Å². The minimum absolute atomic E-state index is 0.0158. The van der Waals surface area contributed by atoms with Crippen molar-refractivity contribution in [3.8, 4) is 0 Å². The first-order valence-corrected chi connectivity index (χ1v) is 24.6. The van der Waals surface area contributed by atoms with Gasteiger partial charge in [0, 0.05) is 31.2 Å². The summed E-state index contributed by atoms with van der Waals surface area (Å²) in [7, 11) is 3.28. The summed E-state index contributed by atoms with van der Waals surface area (Å²) in [6, 6.07) is 12.8. The average Bonchev–Trinajstić information content (AvgIpc) is 4.12. The summed E-state index contributed by atoms with van der Waals surface area (Å²) in [5, 5.41) is 30.0. The van der Waals surface area contributed by atoms with Crippen molar-refractivity contribution in [2.24, 2.45) is 11.8 Å². The number of carbonyl (C=O) groups is 8. The number of hydrogen-bond acceptors (Lipinski definition) is 11. The van der Waals surface area contributed by atoms with Gasteiger partial charge in [0.15, 0.2) is 5.69 Å². The van der Waals surface area contributed by atoms with Gasteiger partial charge in [0.05, 0.1) is 24.2 Å². The third kappa shape index (κ3) is 14.9. The molecule has 20 nitrogen and oxygen atoms in total. The van der Waals surface area contributed by atoms with Gasteiger partial charge in [0.1, 0.15) is 29.9 Å². The third-order valence-electron chi connectivity index (χ3n) is 13.1. The Hall–Kier alpha value is -6.67. The molecule has 71 heavy (non-hydrogen) atoms. The Morgan fingerprint density at radius 2 is 0.972 bits per heavy atom. The van der Waals surface area contributed by atoms with E-state index in [4.69, 9.17) is 0 Å². The lowest BCUT2D eigenvalue weighted by molar-refractivity contribution is -0.142. The summed E-state index contributed by atoms with van der Waals surface area (Å²) in [5.41, 5.74) is 1.52. The monoisotopic (exact) mass is 983 g/mol. The predicted molar refractivity (Wildman–Crippen MR) is 267 cm³/mol. The number of carbonyl (C=O) groups excluding carboxylic acids is 8. The minimum Gasteiger partial charge on any atom is -0.348 e. The van der Waals surface area contributed by atoms with Crippen LogP contribution in [0.4, 0.5) is 0 Å². The van der Waals surface area contributed by atoms with Crippen molar-refractivity contribution in [1.82, 2.24) is 62.5 Å². The van der Waals surface area contributed by atoms with Crippen molar-refractivity contribution in [1.29, 1.82) is 0 Å².